The smallest absolute Gasteiger partial charge is 0.254 e. The van der Waals surface area contributed by atoms with E-state index < -0.39 is 11.7 Å². The molecule has 4 heteroatoms. The number of benzene rings is 1. The highest BCUT2D eigenvalue weighted by Crippen LogP contribution is 2.10. The fourth-order valence-corrected chi connectivity index (χ4v) is 1.19. The summed E-state index contributed by atoms with van der Waals surface area (Å²) in [6.45, 7) is 3.72. The van der Waals surface area contributed by atoms with Gasteiger partial charge in [-0.3, -0.25) is 4.79 Å². The number of nitrogens with one attached hydrogen (secondary N) is 1. The van der Waals surface area contributed by atoms with Gasteiger partial charge in [0, 0.05) is 10.9 Å². The number of halogens is 2. The van der Waals surface area contributed by atoms with Crippen LogP contribution in [0.25, 0.3) is 0 Å². The Morgan fingerprint density at radius 3 is 2.60 bits per heavy atom. The lowest BCUT2D eigenvalue weighted by Gasteiger charge is -2.23. The van der Waals surface area contributed by atoms with Crippen LogP contribution in [-0.2, 0) is 0 Å². The van der Waals surface area contributed by atoms with Crippen LogP contribution in [0.3, 0.4) is 0 Å². The summed E-state index contributed by atoms with van der Waals surface area (Å²) in [5, 5.41) is 3.35. The number of hydrogen-bond acceptors (Lipinski definition) is 1. The van der Waals surface area contributed by atoms with Gasteiger partial charge in [0.05, 0.1) is 5.56 Å². The van der Waals surface area contributed by atoms with E-state index in [1.165, 1.54) is 12.1 Å². The first kappa shape index (κ1) is 12.2. The Kier molecular flexibility index (Phi) is 3.85. The van der Waals surface area contributed by atoms with Crippen molar-refractivity contribution in [1.29, 1.82) is 0 Å². The molecular formula is C11H13BrFNO. The van der Waals surface area contributed by atoms with Gasteiger partial charge in [-0.25, -0.2) is 4.39 Å². The number of carbonyl (C=O) groups excluding carboxylic acids is 1. The van der Waals surface area contributed by atoms with E-state index in [-0.39, 0.29) is 11.1 Å². The monoisotopic (exact) mass is 273 g/mol. The van der Waals surface area contributed by atoms with Crippen molar-refractivity contribution in [3.63, 3.8) is 0 Å². The van der Waals surface area contributed by atoms with Crippen LogP contribution >= 0.6 is 15.9 Å². The van der Waals surface area contributed by atoms with Crippen LogP contribution in [0.2, 0.25) is 0 Å². The van der Waals surface area contributed by atoms with Crippen LogP contribution in [0.5, 0.6) is 0 Å². The summed E-state index contributed by atoms with van der Waals surface area (Å²) in [7, 11) is 0. The molecule has 1 aromatic rings. The lowest BCUT2D eigenvalue weighted by Crippen LogP contribution is -2.45. The molecule has 2 nitrogen and oxygen atoms in total. The molecule has 0 unspecified atom stereocenters. The minimum absolute atomic E-state index is 0.0755. The van der Waals surface area contributed by atoms with E-state index in [9.17, 15) is 9.18 Å². The summed E-state index contributed by atoms with van der Waals surface area (Å²) < 4.78 is 13.2. The quantitative estimate of drug-likeness (QED) is 0.844. The summed E-state index contributed by atoms with van der Waals surface area (Å²) in [5.41, 5.74) is -0.314. The number of rotatable bonds is 3. The zero-order valence-electron chi connectivity index (χ0n) is 8.68. The van der Waals surface area contributed by atoms with Crippen LogP contribution in [0.1, 0.15) is 24.2 Å². The van der Waals surface area contributed by atoms with Gasteiger partial charge in [0.2, 0.25) is 0 Å². The van der Waals surface area contributed by atoms with Crippen LogP contribution < -0.4 is 5.32 Å². The average molecular weight is 274 g/mol. The average Bonchev–Trinajstić information content (AvgIpc) is 2.17. The third kappa shape index (κ3) is 3.30. The minimum atomic E-state index is -0.500. The Bertz CT molecular complexity index is 365. The molecule has 0 radical (unpaired) electrons. The molecule has 0 aliphatic heterocycles. The van der Waals surface area contributed by atoms with Gasteiger partial charge >= 0.3 is 0 Å². The van der Waals surface area contributed by atoms with Crippen molar-refractivity contribution in [1.82, 2.24) is 5.32 Å². The van der Waals surface area contributed by atoms with Crippen molar-refractivity contribution in [2.45, 2.75) is 19.4 Å². The van der Waals surface area contributed by atoms with Crippen LogP contribution in [0.4, 0.5) is 4.39 Å². The van der Waals surface area contributed by atoms with Crippen molar-refractivity contribution in [2.75, 3.05) is 5.33 Å². The standard InChI is InChI=1S/C11H13BrFNO/c1-11(2,7-12)14-10(15)8-5-3-4-6-9(8)13/h3-6H,7H2,1-2H3,(H,14,15). The fraction of sp³-hybridized carbons (Fsp3) is 0.364. The highest BCUT2D eigenvalue weighted by Gasteiger charge is 2.21. The van der Waals surface area contributed by atoms with Crippen LogP contribution in [0, 0.1) is 5.82 Å². The van der Waals surface area contributed by atoms with Gasteiger partial charge < -0.3 is 5.32 Å². The topological polar surface area (TPSA) is 29.1 Å². The van der Waals surface area contributed by atoms with Crippen molar-refractivity contribution >= 4 is 21.8 Å². The summed E-state index contributed by atoms with van der Waals surface area (Å²) >= 11 is 3.28. The molecule has 0 fully saturated rings. The summed E-state index contributed by atoms with van der Waals surface area (Å²) in [6, 6.07) is 5.94. The van der Waals surface area contributed by atoms with E-state index in [0.717, 1.165) is 0 Å². The molecule has 0 saturated carbocycles. The van der Waals surface area contributed by atoms with Crippen LogP contribution in [0.15, 0.2) is 24.3 Å². The van der Waals surface area contributed by atoms with Gasteiger partial charge in [-0.1, -0.05) is 28.1 Å². The molecule has 0 aliphatic rings. The Hall–Kier alpha value is -0.900. The van der Waals surface area contributed by atoms with Gasteiger partial charge in [0.15, 0.2) is 0 Å². The molecule has 0 atom stereocenters. The van der Waals surface area contributed by atoms with Gasteiger partial charge in [0.25, 0.3) is 5.91 Å². The lowest BCUT2D eigenvalue weighted by molar-refractivity contribution is 0.0917. The molecule has 82 valence electrons. The zero-order chi connectivity index (χ0) is 11.5. The normalized spacial score (nSPS) is 11.2. The van der Waals surface area contributed by atoms with E-state index in [4.69, 9.17) is 0 Å². The summed E-state index contributed by atoms with van der Waals surface area (Å²) in [4.78, 5) is 11.7. The van der Waals surface area contributed by atoms with E-state index in [0.29, 0.717) is 5.33 Å². The second-order valence-corrected chi connectivity index (χ2v) is 4.51. The van der Waals surface area contributed by atoms with E-state index >= 15 is 0 Å². The van der Waals surface area contributed by atoms with Crippen molar-refractivity contribution < 1.29 is 9.18 Å². The predicted octanol–water partition coefficient (Wildman–Crippen LogP) is 2.73. The zero-order valence-corrected chi connectivity index (χ0v) is 10.3. The third-order valence-electron chi connectivity index (χ3n) is 1.90. The number of amides is 1. The van der Waals surface area contributed by atoms with Crippen molar-refractivity contribution in [3.8, 4) is 0 Å². The van der Waals surface area contributed by atoms with E-state index in [1.54, 1.807) is 12.1 Å². The molecule has 1 amide bonds. The second kappa shape index (κ2) is 4.75. The molecule has 1 N–H and O–H groups in total. The summed E-state index contributed by atoms with van der Waals surface area (Å²) in [6.07, 6.45) is 0. The van der Waals surface area contributed by atoms with Crippen molar-refractivity contribution in [2.24, 2.45) is 0 Å². The molecule has 0 aromatic heterocycles. The van der Waals surface area contributed by atoms with Crippen LogP contribution in [-0.4, -0.2) is 16.8 Å². The van der Waals surface area contributed by atoms with Crippen molar-refractivity contribution in [3.05, 3.63) is 35.6 Å². The van der Waals surface area contributed by atoms with Gasteiger partial charge in [0.1, 0.15) is 5.82 Å². The van der Waals surface area contributed by atoms with Gasteiger partial charge in [-0.2, -0.15) is 0 Å². The predicted molar refractivity (Wildman–Crippen MR) is 61.7 cm³/mol. The fourth-order valence-electron chi connectivity index (χ4n) is 1.05. The SMILES string of the molecule is CC(C)(CBr)NC(=O)c1ccccc1F. The Morgan fingerprint density at radius 2 is 2.07 bits per heavy atom. The minimum Gasteiger partial charge on any atom is -0.346 e. The molecule has 15 heavy (non-hydrogen) atoms. The molecular weight excluding hydrogens is 261 g/mol. The first-order chi connectivity index (χ1) is 6.96. The molecule has 0 saturated heterocycles. The second-order valence-electron chi connectivity index (χ2n) is 3.95. The third-order valence-corrected chi connectivity index (χ3v) is 3.31. The Balaban J connectivity index is 2.83. The maximum atomic E-state index is 13.2. The van der Waals surface area contributed by atoms with Gasteiger partial charge in [-0.15, -0.1) is 0 Å². The van der Waals surface area contributed by atoms with E-state index in [2.05, 4.69) is 21.2 Å². The molecule has 0 heterocycles. The molecule has 1 rings (SSSR count). The van der Waals surface area contributed by atoms with E-state index in [1.807, 2.05) is 13.8 Å². The maximum Gasteiger partial charge on any atom is 0.254 e. The number of alkyl halides is 1. The number of carbonyl (C=O) groups is 1. The molecule has 0 aliphatic carbocycles. The first-order valence-electron chi connectivity index (χ1n) is 4.59. The summed E-state index contributed by atoms with van der Waals surface area (Å²) in [5.74, 6) is -0.891. The van der Waals surface area contributed by atoms with Gasteiger partial charge in [-0.05, 0) is 26.0 Å². The lowest BCUT2D eigenvalue weighted by atomic mass is 10.1. The largest absolute Gasteiger partial charge is 0.346 e. The Morgan fingerprint density at radius 1 is 1.47 bits per heavy atom. The molecule has 0 spiro atoms. The Labute approximate surface area is 97.0 Å². The maximum absolute atomic E-state index is 13.2. The molecule has 0 bridgehead atoms. The highest BCUT2D eigenvalue weighted by molar-refractivity contribution is 9.09. The molecule has 1 aromatic carbocycles. The first-order valence-corrected chi connectivity index (χ1v) is 5.71. The highest BCUT2D eigenvalue weighted by atomic mass is 79.9. The number of hydrogen-bond donors (Lipinski definition) is 1.